The van der Waals surface area contributed by atoms with Crippen molar-refractivity contribution in [2.24, 2.45) is 0 Å². The molecule has 4 rings (SSSR count). The number of likely N-dealkylation sites (tertiary alicyclic amines) is 1. The number of methoxy groups -OCH3 is 1. The number of nitrogens with one attached hydrogen (secondary N) is 1. The molecule has 0 aliphatic carbocycles. The standard InChI is InChI=1S/C17H18N4O2S/c1-10-4-3-5-11-6-15(24-16(10)11)17(22)21-8-12(14(9-21)23-2)13-7-18-20-19-13/h3-7,12,14H,8-9H2,1-2H3,(H,18,19,20)/t12-,14+/m0/s1. The van der Waals surface area contributed by atoms with Crippen molar-refractivity contribution in [3.8, 4) is 0 Å². The molecule has 2 atom stereocenters. The van der Waals surface area contributed by atoms with Crippen LogP contribution in [0, 0.1) is 6.92 Å². The minimum atomic E-state index is -0.0600. The zero-order chi connectivity index (χ0) is 16.7. The molecule has 1 fully saturated rings. The maximum Gasteiger partial charge on any atom is 0.264 e. The van der Waals surface area contributed by atoms with E-state index in [9.17, 15) is 4.79 Å². The highest BCUT2D eigenvalue weighted by atomic mass is 32.1. The van der Waals surface area contributed by atoms with Gasteiger partial charge in [-0.25, -0.2) is 0 Å². The number of benzene rings is 1. The molecule has 1 aromatic carbocycles. The summed E-state index contributed by atoms with van der Waals surface area (Å²) in [6.45, 7) is 3.24. The Morgan fingerprint density at radius 1 is 1.42 bits per heavy atom. The first-order chi connectivity index (χ1) is 11.7. The number of nitrogens with zero attached hydrogens (tertiary/aromatic N) is 3. The molecular formula is C17H18N4O2S. The molecule has 0 bridgehead atoms. The van der Waals surface area contributed by atoms with E-state index in [2.05, 4.69) is 34.5 Å². The molecule has 24 heavy (non-hydrogen) atoms. The Kier molecular flexibility index (Phi) is 3.82. The molecule has 0 saturated carbocycles. The maximum atomic E-state index is 12.9. The van der Waals surface area contributed by atoms with Crippen molar-refractivity contribution in [1.82, 2.24) is 20.3 Å². The van der Waals surface area contributed by atoms with E-state index in [4.69, 9.17) is 4.74 Å². The quantitative estimate of drug-likeness (QED) is 0.794. The summed E-state index contributed by atoms with van der Waals surface area (Å²) in [5, 5.41) is 11.8. The van der Waals surface area contributed by atoms with Crippen molar-refractivity contribution in [3.63, 3.8) is 0 Å². The van der Waals surface area contributed by atoms with Gasteiger partial charge in [-0.1, -0.05) is 18.2 Å². The van der Waals surface area contributed by atoms with Gasteiger partial charge in [0.1, 0.15) is 0 Å². The summed E-state index contributed by atoms with van der Waals surface area (Å²) < 4.78 is 6.75. The van der Waals surface area contributed by atoms with Crippen LogP contribution in [0.15, 0.2) is 30.5 Å². The molecule has 6 nitrogen and oxygen atoms in total. The molecule has 3 aromatic rings. The number of H-pyrrole nitrogens is 1. The fourth-order valence-electron chi connectivity index (χ4n) is 3.32. The van der Waals surface area contributed by atoms with Crippen molar-refractivity contribution >= 4 is 27.3 Å². The van der Waals surface area contributed by atoms with Crippen molar-refractivity contribution in [2.75, 3.05) is 20.2 Å². The van der Waals surface area contributed by atoms with Gasteiger partial charge in [0.2, 0.25) is 0 Å². The van der Waals surface area contributed by atoms with E-state index in [0.717, 1.165) is 16.0 Å². The average Bonchev–Trinajstić information content (AvgIpc) is 3.31. The Balaban J connectivity index is 1.61. The van der Waals surface area contributed by atoms with Crippen LogP contribution in [-0.4, -0.2) is 52.5 Å². The molecule has 2 aromatic heterocycles. The maximum absolute atomic E-state index is 12.9. The van der Waals surface area contributed by atoms with Gasteiger partial charge in [-0.15, -0.1) is 11.3 Å². The van der Waals surface area contributed by atoms with E-state index in [0.29, 0.717) is 13.1 Å². The molecule has 0 spiro atoms. The predicted octanol–water partition coefficient (Wildman–Crippen LogP) is 2.58. The van der Waals surface area contributed by atoms with Crippen LogP contribution in [0.1, 0.15) is 26.8 Å². The molecule has 1 aliphatic rings. The molecule has 1 amide bonds. The van der Waals surface area contributed by atoms with E-state index in [-0.39, 0.29) is 17.9 Å². The summed E-state index contributed by atoms with van der Waals surface area (Å²) in [5.41, 5.74) is 2.04. The molecule has 1 aliphatic heterocycles. The van der Waals surface area contributed by atoms with Gasteiger partial charge in [-0.3, -0.25) is 4.79 Å². The van der Waals surface area contributed by atoms with Crippen LogP contribution in [0.4, 0.5) is 0 Å². The average molecular weight is 342 g/mol. The topological polar surface area (TPSA) is 71.1 Å². The number of hydrogen-bond donors (Lipinski definition) is 1. The minimum absolute atomic E-state index is 0.0498. The van der Waals surface area contributed by atoms with Crippen molar-refractivity contribution < 1.29 is 9.53 Å². The summed E-state index contributed by atoms with van der Waals surface area (Å²) in [6.07, 6.45) is 1.64. The Hall–Kier alpha value is -2.25. The van der Waals surface area contributed by atoms with Crippen LogP contribution in [0.25, 0.3) is 10.1 Å². The number of rotatable bonds is 3. The lowest BCUT2D eigenvalue weighted by atomic mass is 10.0. The molecule has 124 valence electrons. The Labute approximate surface area is 143 Å². The summed E-state index contributed by atoms with van der Waals surface area (Å²) >= 11 is 1.56. The third kappa shape index (κ3) is 2.50. The summed E-state index contributed by atoms with van der Waals surface area (Å²) in [4.78, 5) is 15.6. The second-order valence-corrected chi connectivity index (χ2v) is 7.14. The van der Waals surface area contributed by atoms with E-state index in [1.54, 1.807) is 24.6 Å². The lowest BCUT2D eigenvalue weighted by Gasteiger charge is -2.14. The van der Waals surface area contributed by atoms with E-state index >= 15 is 0 Å². The number of aryl methyl sites for hydroxylation is 1. The molecule has 3 heterocycles. The Morgan fingerprint density at radius 3 is 3.00 bits per heavy atom. The number of hydrogen-bond acceptors (Lipinski definition) is 5. The first-order valence-corrected chi connectivity index (χ1v) is 8.66. The van der Waals surface area contributed by atoms with Crippen LogP contribution >= 0.6 is 11.3 Å². The smallest absolute Gasteiger partial charge is 0.264 e. The Bertz CT molecular complexity index is 874. The van der Waals surface area contributed by atoms with E-state index < -0.39 is 0 Å². The molecule has 1 N–H and O–H groups in total. The van der Waals surface area contributed by atoms with Gasteiger partial charge in [-0.05, 0) is 23.9 Å². The molecule has 1 saturated heterocycles. The molecular weight excluding hydrogens is 324 g/mol. The number of ether oxygens (including phenoxy) is 1. The van der Waals surface area contributed by atoms with Crippen LogP contribution in [0.3, 0.4) is 0 Å². The van der Waals surface area contributed by atoms with Gasteiger partial charge in [0.15, 0.2) is 0 Å². The van der Waals surface area contributed by atoms with E-state index in [1.807, 2.05) is 17.0 Å². The third-order valence-electron chi connectivity index (χ3n) is 4.62. The van der Waals surface area contributed by atoms with Crippen molar-refractivity contribution in [2.45, 2.75) is 18.9 Å². The largest absolute Gasteiger partial charge is 0.379 e. The summed E-state index contributed by atoms with van der Waals surface area (Å²) in [6, 6.07) is 8.14. The van der Waals surface area contributed by atoms with Crippen LogP contribution in [-0.2, 0) is 4.74 Å². The fourth-order valence-corrected chi connectivity index (χ4v) is 4.42. The molecule has 0 unspecified atom stereocenters. The minimum Gasteiger partial charge on any atom is -0.379 e. The number of amides is 1. The normalized spacial score (nSPS) is 20.8. The highest BCUT2D eigenvalue weighted by molar-refractivity contribution is 7.21. The second kappa shape index (κ2) is 5.99. The van der Waals surface area contributed by atoms with Gasteiger partial charge in [0.25, 0.3) is 5.91 Å². The van der Waals surface area contributed by atoms with E-state index in [1.165, 1.54) is 10.3 Å². The predicted molar refractivity (Wildman–Crippen MR) is 92.4 cm³/mol. The highest BCUT2D eigenvalue weighted by Crippen LogP contribution is 2.33. The highest BCUT2D eigenvalue weighted by Gasteiger charge is 2.38. The first-order valence-electron chi connectivity index (χ1n) is 7.84. The third-order valence-corrected chi connectivity index (χ3v) is 5.90. The summed E-state index contributed by atoms with van der Waals surface area (Å²) in [7, 11) is 1.68. The summed E-state index contributed by atoms with van der Waals surface area (Å²) in [5.74, 6) is 0.109. The Morgan fingerprint density at radius 2 is 2.29 bits per heavy atom. The fraction of sp³-hybridized carbons (Fsp3) is 0.353. The number of aromatic amines is 1. The molecule has 7 heteroatoms. The van der Waals surface area contributed by atoms with Gasteiger partial charge < -0.3 is 9.64 Å². The van der Waals surface area contributed by atoms with Gasteiger partial charge in [0.05, 0.1) is 28.8 Å². The van der Waals surface area contributed by atoms with Gasteiger partial charge in [0, 0.05) is 24.9 Å². The van der Waals surface area contributed by atoms with Crippen LogP contribution in [0.2, 0.25) is 0 Å². The first kappa shape index (κ1) is 15.3. The number of thiophene rings is 1. The number of aromatic nitrogens is 3. The van der Waals surface area contributed by atoms with Crippen LogP contribution in [0.5, 0.6) is 0 Å². The van der Waals surface area contributed by atoms with Crippen molar-refractivity contribution in [3.05, 3.63) is 46.6 Å². The number of carbonyl (C=O) groups excluding carboxylic acids is 1. The SMILES string of the molecule is CO[C@@H]1CN(C(=O)c2cc3cccc(C)c3s2)C[C@H]1c1cn[nH]n1. The van der Waals surface area contributed by atoms with Crippen molar-refractivity contribution in [1.29, 1.82) is 0 Å². The van der Waals surface area contributed by atoms with Gasteiger partial charge >= 0.3 is 0 Å². The lowest BCUT2D eigenvalue weighted by Crippen LogP contribution is -2.29. The monoisotopic (exact) mass is 342 g/mol. The number of fused-ring (bicyclic) bond motifs is 1. The number of carbonyl (C=O) groups is 1. The zero-order valence-electron chi connectivity index (χ0n) is 13.5. The van der Waals surface area contributed by atoms with Gasteiger partial charge in [-0.2, -0.15) is 15.4 Å². The second-order valence-electron chi connectivity index (χ2n) is 6.09. The lowest BCUT2D eigenvalue weighted by molar-refractivity contribution is 0.0718. The van der Waals surface area contributed by atoms with Crippen LogP contribution < -0.4 is 0 Å². The molecule has 0 radical (unpaired) electrons. The zero-order valence-corrected chi connectivity index (χ0v) is 14.3.